The lowest BCUT2D eigenvalue weighted by molar-refractivity contribution is 0.00578. The van der Waals surface area contributed by atoms with Gasteiger partial charge in [0.1, 0.15) is 0 Å². The van der Waals surface area contributed by atoms with Gasteiger partial charge in [-0.15, -0.1) is 0 Å². The lowest BCUT2D eigenvalue weighted by atomic mass is 9.68. The number of halogens is 3. The summed E-state index contributed by atoms with van der Waals surface area (Å²) in [5.41, 5.74) is 29.1. The van der Waals surface area contributed by atoms with Gasteiger partial charge in [-0.1, -0.05) is 353 Å². The summed E-state index contributed by atoms with van der Waals surface area (Å²) in [7, 11) is -0.430. The van der Waals surface area contributed by atoms with Crippen molar-refractivity contribution in [2.45, 2.75) is 49.7 Å². The van der Waals surface area contributed by atoms with Crippen LogP contribution in [0.25, 0.3) is 111 Å². The van der Waals surface area contributed by atoms with Gasteiger partial charge in [0.15, 0.2) is 0 Å². The SMILES string of the molecule is Brc1ccccc1-c1ccccc1-c1ccc2c3ccccc3n(-c3ccc4c(c3)-c3ccccc3C4(c3ccccc3)c3ccccc3)c2c1.Brc1ccccc1-c1ccccc1I.CC1(C)OB(c2ccc3c4ccccc4n(-c4ccc5c(c4)-c4ccccc4C5(c4ccccc4)c4ccccc4)c3c2)OC1(C)C. The van der Waals surface area contributed by atoms with E-state index in [4.69, 9.17) is 9.31 Å². The Morgan fingerprint density at radius 3 is 1.06 bits per heavy atom. The Balaban J connectivity index is 0.000000129. The molecule has 1 fully saturated rings. The molecule has 16 aromatic carbocycles. The van der Waals surface area contributed by atoms with Gasteiger partial charge in [-0.25, -0.2) is 0 Å². The summed E-state index contributed by atoms with van der Waals surface area (Å²) in [5, 5.41) is 4.94. The minimum atomic E-state index is -0.430. The van der Waals surface area contributed by atoms with E-state index >= 15 is 0 Å². The van der Waals surface area contributed by atoms with Crippen LogP contribution in [0.5, 0.6) is 0 Å². The predicted molar refractivity (Wildman–Crippen MR) is 483 cm³/mol. The highest BCUT2D eigenvalue weighted by Gasteiger charge is 2.52. The van der Waals surface area contributed by atoms with Crippen molar-refractivity contribution < 1.29 is 9.31 Å². The molecule has 3 heterocycles. The van der Waals surface area contributed by atoms with E-state index in [9.17, 15) is 0 Å². The van der Waals surface area contributed by atoms with Crippen LogP contribution in [-0.4, -0.2) is 27.5 Å². The highest BCUT2D eigenvalue weighted by molar-refractivity contribution is 14.1. The second-order valence-electron chi connectivity index (χ2n) is 30.3. The molecule has 0 atom stereocenters. The lowest BCUT2D eigenvalue weighted by Gasteiger charge is -2.33. The Labute approximate surface area is 685 Å². The lowest BCUT2D eigenvalue weighted by Crippen LogP contribution is -2.41. The molecule has 112 heavy (non-hydrogen) atoms. The van der Waals surface area contributed by atoms with E-state index in [0.29, 0.717) is 0 Å². The first-order chi connectivity index (χ1) is 54.8. The van der Waals surface area contributed by atoms with Crippen LogP contribution in [0.3, 0.4) is 0 Å². The van der Waals surface area contributed by atoms with Crippen molar-refractivity contribution in [2.75, 3.05) is 0 Å². The average molecular weight is 1680 g/mol. The fourth-order valence-corrected chi connectivity index (χ4v) is 19.6. The highest BCUT2D eigenvalue weighted by atomic mass is 127. The second kappa shape index (κ2) is 28.8. The molecule has 3 aliphatic rings. The number of para-hydroxylation sites is 2. The first-order valence-corrected chi connectivity index (χ1v) is 41.0. The third-order valence-electron chi connectivity index (χ3n) is 23.7. The van der Waals surface area contributed by atoms with Crippen molar-refractivity contribution in [3.63, 3.8) is 0 Å². The number of hydrogen-bond acceptors (Lipinski definition) is 2. The van der Waals surface area contributed by atoms with E-state index in [-0.39, 0.29) is 0 Å². The first kappa shape index (κ1) is 71.1. The molecular weight excluding hydrogens is 1610 g/mol. The van der Waals surface area contributed by atoms with Crippen molar-refractivity contribution in [1.82, 2.24) is 9.13 Å². The Morgan fingerprint density at radius 2 is 0.607 bits per heavy atom. The summed E-state index contributed by atoms with van der Waals surface area (Å²) in [4.78, 5) is 0. The van der Waals surface area contributed by atoms with Gasteiger partial charge in [-0.2, -0.15) is 0 Å². The summed E-state index contributed by atoms with van der Waals surface area (Å²) in [6.45, 7) is 8.43. The van der Waals surface area contributed by atoms with Gasteiger partial charge in [0.05, 0.1) is 44.1 Å². The molecule has 8 heteroatoms. The van der Waals surface area contributed by atoms with Crippen molar-refractivity contribution in [1.29, 1.82) is 0 Å². The minimum absolute atomic E-state index is 0.406. The van der Waals surface area contributed by atoms with Crippen LogP contribution in [0.4, 0.5) is 0 Å². The molecule has 0 radical (unpaired) electrons. The van der Waals surface area contributed by atoms with Crippen molar-refractivity contribution in [2.24, 2.45) is 0 Å². The number of benzene rings is 16. The van der Waals surface area contributed by atoms with Crippen LogP contribution in [0, 0.1) is 3.57 Å². The van der Waals surface area contributed by atoms with E-state index in [1.165, 1.54) is 142 Å². The molecule has 0 amide bonds. The molecule has 2 aromatic heterocycles. The summed E-state index contributed by atoms with van der Waals surface area (Å²) < 4.78 is 21.4. The Kier molecular flexibility index (Phi) is 18.3. The molecule has 0 N–H and O–H groups in total. The van der Waals surface area contributed by atoms with Crippen LogP contribution in [0.2, 0.25) is 0 Å². The Hall–Kier alpha value is -11.2. The molecule has 4 nitrogen and oxygen atoms in total. The monoisotopic (exact) mass is 1680 g/mol. The maximum atomic E-state index is 6.49. The maximum absolute atomic E-state index is 6.49. The zero-order valence-corrected chi connectivity index (χ0v) is 67.7. The van der Waals surface area contributed by atoms with E-state index in [0.717, 1.165) is 31.3 Å². The summed E-state index contributed by atoms with van der Waals surface area (Å²) in [6.07, 6.45) is 0. The zero-order chi connectivity index (χ0) is 75.9. The molecule has 0 saturated carbocycles. The summed E-state index contributed by atoms with van der Waals surface area (Å²) in [6, 6.07) is 141. The largest absolute Gasteiger partial charge is 0.494 e. The van der Waals surface area contributed by atoms with E-state index in [2.05, 4.69) is 473 Å². The van der Waals surface area contributed by atoms with E-state index in [1.807, 2.05) is 6.07 Å². The van der Waals surface area contributed by atoms with E-state index < -0.39 is 29.2 Å². The van der Waals surface area contributed by atoms with Gasteiger partial charge in [0.2, 0.25) is 0 Å². The topological polar surface area (TPSA) is 28.3 Å². The standard InChI is InChI=1S/C49H32BrN.C43H36BNO2.C12H8BrI/c50-46-25-13-10-22-40(46)38-20-8-7-19-37(38)33-27-29-42-41-23-11-14-26-47(41)51(48(42)31-33)36-28-30-45-43(32-36)39-21-9-12-24-44(39)49(45,34-15-3-1-4-16-34)35-17-5-2-6-18-35;1-41(2)42(3,4)47-44(46-41)31-23-25-35-34-20-12-14-22-39(34)45(40(35)27-31)32-24-26-38-36(28-32)33-19-11-13-21-37(33)43(38,29-15-7-5-8-16-29)30-17-9-6-10-18-30;13-11-7-3-1-5-9(11)10-6-2-4-8-12(10)14/h1-32H;5-28H,1-4H3;1-8H. The number of hydrogen-bond donors (Lipinski definition) is 0. The molecule has 1 saturated heterocycles. The fraction of sp³-hybridized carbons (Fsp3) is 0.0769. The van der Waals surface area contributed by atoms with Crippen LogP contribution in [0.1, 0.15) is 72.2 Å². The molecule has 0 spiro atoms. The first-order valence-electron chi connectivity index (χ1n) is 38.3. The van der Waals surface area contributed by atoms with Gasteiger partial charge in [-0.05, 0) is 223 Å². The van der Waals surface area contributed by atoms with Crippen LogP contribution >= 0.6 is 54.5 Å². The number of aromatic nitrogens is 2. The highest BCUT2D eigenvalue weighted by Crippen LogP contribution is 2.59. The van der Waals surface area contributed by atoms with Gasteiger partial charge in [0, 0.05) is 45.4 Å². The molecule has 0 unspecified atom stereocenters. The number of fused-ring (bicyclic) bond motifs is 12. The quantitative estimate of drug-likeness (QED) is 0.101. The molecule has 1 aliphatic heterocycles. The Morgan fingerprint density at radius 1 is 0.268 bits per heavy atom. The molecule has 18 aromatic rings. The van der Waals surface area contributed by atoms with Crippen LogP contribution in [0.15, 0.2) is 397 Å². The van der Waals surface area contributed by atoms with Crippen molar-refractivity contribution in [3.8, 4) is 67.0 Å². The summed E-state index contributed by atoms with van der Waals surface area (Å²) >= 11 is 9.74. The maximum Gasteiger partial charge on any atom is 0.494 e. The third kappa shape index (κ3) is 11.7. The predicted octanol–water partition coefficient (Wildman–Crippen LogP) is 27.4. The van der Waals surface area contributed by atoms with Crippen LogP contribution in [-0.2, 0) is 20.1 Å². The fourth-order valence-electron chi connectivity index (χ4n) is 18.0. The smallest absolute Gasteiger partial charge is 0.399 e. The van der Waals surface area contributed by atoms with Crippen molar-refractivity contribution >= 4 is 111 Å². The summed E-state index contributed by atoms with van der Waals surface area (Å²) in [5.74, 6) is 0. The molecular formula is C104H76BBr2IN2O2. The van der Waals surface area contributed by atoms with Crippen LogP contribution < -0.4 is 5.46 Å². The number of rotatable bonds is 10. The third-order valence-corrected chi connectivity index (χ3v) is 26.1. The normalized spacial score (nSPS) is 14.4. The molecule has 538 valence electrons. The Bertz CT molecular complexity index is 6510. The molecule has 2 aliphatic carbocycles. The van der Waals surface area contributed by atoms with Gasteiger partial charge < -0.3 is 18.4 Å². The minimum Gasteiger partial charge on any atom is -0.399 e. The average Bonchev–Trinajstić information content (AvgIpc) is 1.54. The molecule has 0 bridgehead atoms. The zero-order valence-electron chi connectivity index (χ0n) is 62.4. The van der Waals surface area contributed by atoms with E-state index in [1.54, 1.807) is 0 Å². The van der Waals surface area contributed by atoms with Crippen molar-refractivity contribution in [3.05, 3.63) is 445 Å². The van der Waals surface area contributed by atoms with Gasteiger partial charge >= 0.3 is 7.12 Å². The number of nitrogens with zero attached hydrogens (tertiary/aromatic N) is 2. The molecule has 21 rings (SSSR count). The van der Waals surface area contributed by atoms with Gasteiger partial charge in [0.25, 0.3) is 0 Å². The second-order valence-corrected chi connectivity index (χ2v) is 33.2. The van der Waals surface area contributed by atoms with Gasteiger partial charge in [-0.3, -0.25) is 0 Å².